The predicted octanol–water partition coefficient (Wildman–Crippen LogP) is 5.13. The molecule has 0 aromatic heterocycles. The predicted molar refractivity (Wildman–Crippen MR) is 74.6 cm³/mol. The van der Waals surface area contributed by atoms with E-state index >= 15 is 0 Å². The van der Waals surface area contributed by atoms with Crippen molar-refractivity contribution in [2.24, 2.45) is 0 Å². The third-order valence-corrected chi connectivity index (χ3v) is 3.82. The van der Waals surface area contributed by atoms with Gasteiger partial charge in [-0.2, -0.15) is 0 Å². The molecule has 0 unspecified atom stereocenters. The largest absolute Gasteiger partial charge is 0.489 e. The molecule has 2 aromatic rings. The average molecular weight is 330 g/mol. The van der Waals surface area contributed by atoms with Crippen LogP contribution < -0.4 is 4.74 Å². The minimum atomic E-state index is -0.351. The van der Waals surface area contributed by atoms with E-state index in [1.54, 1.807) is 12.1 Å². The van der Waals surface area contributed by atoms with E-state index in [9.17, 15) is 4.39 Å². The molecule has 0 heterocycles. The fraction of sp³-hybridized carbons (Fsp3) is 0.143. The van der Waals surface area contributed by atoms with Crippen LogP contribution in [0.25, 0.3) is 0 Å². The molecular weight excluding hydrogens is 319 g/mol. The smallest absolute Gasteiger partial charge is 0.131 e. The summed E-state index contributed by atoms with van der Waals surface area (Å²) in [4.78, 5) is 0. The fourth-order valence-corrected chi connectivity index (χ4v) is 2.00. The summed E-state index contributed by atoms with van der Waals surface area (Å²) >= 11 is 9.34. The van der Waals surface area contributed by atoms with Crippen molar-refractivity contribution in [3.05, 3.63) is 62.8 Å². The van der Waals surface area contributed by atoms with Gasteiger partial charge in [0.25, 0.3) is 0 Å². The molecule has 94 valence electrons. The van der Waals surface area contributed by atoms with Crippen LogP contribution >= 0.6 is 27.5 Å². The van der Waals surface area contributed by atoms with Crippen molar-refractivity contribution in [3.8, 4) is 5.75 Å². The maximum Gasteiger partial charge on any atom is 0.131 e. The SMILES string of the molecule is Cc1cc(OCc2c(F)cccc2Cl)ccc1Br. The summed E-state index contributed by atoms with van der Waals surface area (Å²) in [5.41, 5.74) is 1.44. The number of hydrogen-bond donors (Lipinski definition) is 0. The van der Waals surface area contributed by atoms with Crippen LogP contribution in [0.5, 0.6) is 5.75 Å². The first kappa shape index (κ1) is 13.4. The first-order chi connectivity index (χ1) is 8.58. The van der Waals surface area contributed by atoms with Crippen molar-refractivity contribution >= 4 is 27.5 Å². The summed E-state index contributed by atoms with van der Waals surface area (Å²) in [6.45, 7) is 2.08. The van der Waals surface area contributed by atoms with Gasteiger partial charge in [0.15, 0.2) is 0 Å². The Bertz CT molecular complexity index is 551. The Morgan fingerprint density at radius 2 is 2.06 bits per heavy atom. The van der Waals surface area contributed by atoms with Crippen LogP contribution in [0, 0.1) is 12.7 Å². The molecule has 0 amide bonds. The molecule has 0 aliphatic rings. The highest BCUT2D eigenvalue weighted by atomic mass is 79.9. The first-order valence-electron chi connectivity index (χ1n) is 5.40. The molecule has 0 bridgehead atoms. The summed E-state index contributed by atoms with van der Waals surface area (Å²) in [5, 5.41) is 0.379. The average Bonchev–Trinajstić information content (AvgIpc) is 2.33. The zero-order chi connectivity index (χ0) is 13.1. The Kier molecular flexibility index (Phi) is 4.25. The van der Waals surface area contributed by atoms with Gasteiger partial charge in [-0.1, -0.05) is 33.6 Å². The van der Waals surface area contributed by atoms with Gasteiger partial charge in [0.2, 0.25) is 0 Å². The molecule has 0 spiro atoms. The lowest BCUT2D eigenvalue weighted by Crippen LogP contribution is -1.99. The lowest BCUT2D eigenvalue weighted by molar-refractivity contribution is 0.299. The monoisotopic (exact) mass is 328 g/mol. The maximum absolute atomic E-state index is 13.5. The van der Waals surface area contributed by atoms with Crippen LogP contribution in [-0.2, 0) is 6.61 Å². The molecule has 0 saturated carbocycles. The molecule has 18 heavy (non-hydrogen) atoms. The van der Waals surface area contributed by atoms with E-state index in [4.69, 9.17) is 16.3 Å². The highest BCUT2D eigenvalue weighted by Gasteiger charge is 2.07. The molecule has 2 rings (SSSR count). The van der Waals surface area contributed by atoms with Crippen LogP contribution in [0.4, 0.5) is 4.39 Å². The lowest BCUT2D eigenvalue weighted by Gasteiger charge is -2.09. The molecule has 0 N–H and O–H groups in total. The minimum absolute atomic E-state index is 0.118. The number of hydrogen-bond acceptors (Lipinski definition) is 1. The van der Waals surface area contributed by atoms with Gasteiger partial charge >= 0.3 is 0 Å². The molecule has 0 aliphatic heterocycles. The number of benzene rings is 2. The van der Waals surface area contributed by atoms with Crippen LogP contribution in [-0.4, -0.2) is 0 Å². The van der Waals surface area contributed by atoms with Gasteiger partial charge in [0.1, 0.15) is 18.2 Å². The number of ether oxygens (including phenoxy) is 1. The summed E-state index contributed by atoms with van der Waals surface area (Å²) < 4.78 is 20.1. The normalized spacial score (nSPS) is 10.4. The Balaban J connectivity index is 2.14. The van der Waals surface area contributed by atoms with E-state index in [1.807, 2.05) is 25.1 Å². The van der Waals surface area contributed by atoms with E-state index < -0.39 is 0 Å². The Labute approximate surface area is 119 Å². The molecule has 0 atom stereocenters. The van der Waals surface area contributed by atoms with E-state index in [-0.39, 0.29) is 12.4 Å². The zero-order valence-corrected chi connectivity index (χ0v) is 12.1. The highest BCUT2D eigenvalue weighted by Crippen LogP contribution is 2.24. The molecule has 2 aromatic carbocycles. The number of aryl methyl sites for hydroxylation is 1. The molecule has 0 aliphatic carbocycles. The zero-order valence-electron chi connectivity index (χ0n) is 9.71. The fourth-order valence-electron chi connectivity index (χ4n) is 1.53. The molecule has 0 radical (unpaired) electrons. The second-order valence-corrected chi connectivity index (χ2v) is 5.16. The first-order valence-corrected chi connectivity index (χ1v) is 6.57. The van der Waals surface area contributed by atoms with Crippen molar-refractivity contribution in [1.29, 1.82) is 0 Å². The third kappa shape index (κ3) is 3.03. The lowest BCUT2D eigenvalue weighted by atomic mass is 10.2. The standard InChI is InChI=1S/C14H11BrClFO/c1-9-7-10(5-6-12(9)15)18-8-11-13(16)3-2-4-14(11)17/h2-7H,8H2,1H3. The van der Waals surface area contributed by atoms with Crippen molar-refractivity contribution in [2.45, 2.75) is 13.5 Å². The van der Waals surface area contributed by atoms with Gasteiger partial charge < -0.3 is 4.74 Å². The van der Waals surface area contributed by atoms with Gasteiger partial charge in [-0.15, -0.1) is 0 Å². The summed E-state index contributed by atoms with van der Waals surface area (Å²) in [5.74, 6) is 0.339. The molecule has 0 fully saturated rings. The van der Waals surface area contributed by atoms with Gasteiger partial charge in [-0.3, -0.25) is 0 Å². The minimum Gasteiger partial charge on any atom is -0.489 e. The summed E-state index contributed by atoms with van der Waals surface area (Å²) in [7, 11) is 0. The molecular formula is C14H11BrClFO. The van der Waals surface area contributed by atoms with E-state index in [0.717, 1.165) is 10.0 Å². The second-order valence-electron chi connectivity index (χ2n) is 3.90. The second kappa shape index (κ2) is 5.72. The molecule has 4 heteroatoms. The Morgan fingerprint density at radius 3 is 2.72 bits per heavy atom. The van der Waals surface area contributed by atoms with Gasteiger partial charge in [0, 0.05) is 10.0 Å². The third-order valence-electron chi connectivity index (χ3n) is 2.57. The Hall–Kier alpha value is -1.06. The van der Waals surface area contributed by atoms with Crippen LogP contribution in [0.3, 0.4) is 0 Å². The van der Waals surface area contributed by atoms with Gasteiger partial charge in [-0.25, -0.2) is 4.39 Å². The van der Waals surface area contributed by atoms with Crippen LogP contribution in [0.15, 0.2) is 40.9 Å². The van der Waals surface area contributed by atoms with E-state index in [0.29, 0.717) is 16.3 Å². The molecule has 1 nitrogen and oxygen atoms in total. The van der Waals surface area contributed by atoms with Crippen LogP contribution in [0.2, 0.25) is 5.02 Å². The van der Waals surface area contributed by atoms with E-state index in [1.165, 1.54) is 6.07 Å². The number of halogens is 3. The van der Waals surface area contributed by atoms with Crippen molar-refractivity contribution < 1.29 is 9.13 Å². The summed E-state index contributed by atoms with van der Waals surface area (Å²) in [6.07, 6.45) is 0. The van der Waals surface area contributed by atoms with Crippen LogP contribution in [0.1, 0.15) is 11.1 Å². The van der Waals surface area contributed by atoms with E-state index in [2.05, 4.69) is 15.9 Å². The quantitative estimate of drug-likeness (QED) is 0.758. The number of rotatable bonds is 3. The Morgan fingerprint density at radius 1 is 1.28 bits per heavy atom. The van der Waals surface area contributed by atoms with Gasteiger partial charge in [0.05, 0.1) is 5.02 Å². The van der Waals surface area contributed by atoms with Gasteiger partial charge in [-0.05, 0) is 42.8 Å². The van der Waals surface area contributed by atoms with Crippen molar-refractivity contribution in [1.82, 2.24) is 0 Å². The summed E-state index contributed by atoms with van der Waals surface area (Å²) in [6, 6.07) is 10.2. The van der Waals surface area contributed by atoms with Crippen molar-refractivity contribution in [3.63, 3.8) is 0 Å². The topological polar surface area (TPSA) is 9.23 Å². The van der Waals surface area contributed by atoms with Crippen molar-refractivity contribution in [2.75, 3.05) is 0 Å². The molecule has 0 saturated heterocycles. The maximum atomic E-state index is 13.5. The highest BCUT2D eigenvalue weighted by molar-refractivity contribution is 9.10.